The largest absolute Gasteiger partial charge is 0.393 e. The van der Waals surface area contributed by atoms with E-state index in [9.17, 15) is 25.5 Å². The van der Waals surface area contributed by atoms with Crippen molar-refractivity contribution in [2.24, 2.45) is 39.9 Å². The van der Waals surface area contributed by atoms with Gasteiger partial charge in [-0.1, -0.05) is 46.8 Å². The second kappa shape index (κ2) is 7.93. The summed E-state index contributed by atoms with van der Waals surface area (Å²) >= 11 is 0. The molecule has 2 heterocycles. The highest BCUT2D eigenvalue weighted by molar-refractivity contribution is 5.47. The Hall–Kier alpha value is -0.800. The van der Waals surface area contributed by atoms with Crippen molar-refractivity contribution in [1.82, 2.24) is 0 Å². The smallest absolute Gasteiger partial charge is 0.195 e. The third-order valence-corrected chi connectivity index (χ3v) is 12.9. The van der Waals surface area contributed by atoms with Crippen molar-refractivity contribution in [2.75, 3.05) is 0 Å². The lowest BCUT2D eigenvalue weighted by atomic mass is 9.49. The first-order valence-electron chi connectivity index (χ1n) is 14.7. The molecule has 38 heavy (non-hydrogen) atoms. The maximum atomic E-state index is 11.8. The van der Waals surface area contributed by atoms with E-state index in [1.807, 2.05) is 27.7 Å². The molecule has 2 saturated carbocycles. The molecule has 7 heteroatoms. The number of rotatable bonds is 2. The van der Waals surface area contributed by atoms with E-state index in [0.29, 0.717) is 12.3 Å². The lowest BCUT2D eigenvalue weighted by Crippen LogP contribution is -2.60. The van der Waals surface area contributed by atoms with Gasteiger partial charge in [-0.3, -0.25) is 0 Å². The van der Waals surface area contributed by atoms with Gasteiger partial charge in [-0.2, -0.15) is 0 Å². The van der Waals surface area contributed by atoms with E-state index < -0.39 is 52.7 Å². The third kappa shape index (κ3) is 2.95. The first kappa shape index (κ1) is 27.4. The Labute approximate surface area is 226 Å². The predicted molar refractivity (Wildman–Crippen MR) is 141 cm³/mol. The average Bonchev–Trinajstić information content (AvgIpc) is 3.27. The van der Waals surface area contributed by atoms with E-state index in [1.54, 1.807) is 0 Å². The first-order valence-corrected chi connectivity index (χ1v) is 14.7. The van der Waals surface area contributed by atoms with Gasteiger partial charge in [0.15, 0.2) is 12.1 Å². The predicted octanol–water partition coefficient (Wildman–Crippen LogP) is 3.43. The number of hydrogen-bond acceptors (Lipinski definition) is 7. The number of fused-ring (bicyclic) bond motifs is 6. The molecule has 7 nitrogen and oxygen atoms in total. The standard InChI is InChI=1S/C31H48O7/c1-16(2)31(36)24-29(6,38-30(31,7)35)28(5,25(34)37-24)23-22(33)15-21-19-9-8-17-14-18(32)10-12-26(17,3)20(19)11-13-27(21,23)4/h9,11,16-18,21-25,32-36H,8,10,12-15H2,1-7H3/t17?,18-,21?,22+,23-,24-,25+,26-,27-,28+,29-,30-,31-/m0/s1. The summed E-state index contributed by atoms with van der Waals surface area (Å²) in [6, 6.07) is 0. The minimum atomic E-state index is -1.88. The summed E-state index contributed by atoms with van der Waals surface area (Å²) in [5.41, 5.74) is -1.69. The van der Waals surface area contributed by atoms with Gasteiger partial charge in [0, 0.05) is 5.92 Å². The number of aliphatic hydroxyl groups is 5. The SMILES string of the molecule is CC(C)[C@]1(O)[C@H]2O[C@@H](O)[C@@](C)([C@H]3[C@H](O)CC4C5=CCC6C[C@@H](O)CC[C@]6(C)C5=CC[C@@]43C)[C@@]2(C)O[C@]1(C)O. The van der Waals surface area contributed by atoms with E-state index in [2.05, 4.69) is 26.0 Å². The molecule has 0 aromatic carbocycles. The van der Waals surface area contributed by atoms with Gasteiger partial charge in [-0.05, 0) is 92.1 Å². The topological polar surface area (TPSA) is 120 Å². The van der Waals surface area contributed by atoms with Gasteiger partial charge in [0.05, 0.1) is 17.6 Å². The number of ether oxygens (including phenoxy) is 2. The monoisotopic (exact) mass is 532 g/mol. The summed E-state index contributed by atoms with van der Waals surface area (Å²) in [7, 11) is 0. The Morgan fingerprint density at radius 3 is 2.32 bits per heavy atom. The van der Waals surface area contributed by atoms with Gasteiger partial charge < -0.3 is 35.0 Å². The van der Waals surface area contributed by atoms with Crippen LogP contribution in [0.5, 0.6) is 0 Å². The molecule has 2 aliphatic heterocycles. The van der Waals surface area contributed by atoms with Crippen LogP contribution >= 0.6 is 0 Å². The zero-order valence-corrected chi connectivity index (χ0v) is 24.1. The lowest BCUT2D eigenvalue weighted by molar-refractivity contribution is -0.320. The quantitative estimate of drug-likeness (QED) is 0.370. The fourth-order valence-electron chi connectivity index (χ4n) is 10.6. The molecule has 214 valence electrons. The third-order valence-electron chi connectivity index (χ3n) is 12.9. The van der Waals surface area contributed by atoms with Crippen LogP contribution in [-0.4, -0.2) is 67.1 Å². The van der Waals surface area contributed by atoms with E-state index >= 15 is 0 Å². The highest BCUT2D eigenvalue weighted by Gasteiger charge is 2.82. The highest BCUT2D eigenvalue weighted by Crippen LogP contribution is 2.72. The summed E-state index contributed by atoms with van der Waals surface area (Å²) in [5, 5.41) is 56.9. The average molecular weight is 533 g/mol. The molecule has 6 rings (SSSR count). The van der Waals surface area contributed by atoms with Crippen molar-refractivity contribution in [3.8, 4) is 0 Å². The molecule has 0 aromatic heterocycles. The molecule has 4 fully saturated rings. The fraction of sp³-hybridized carbons (Fsp3) is 0.871. The van der Waals surface area contributed by atoms with Gasteiger partial charge in [0.25, 0.3) is 0 Å². The maximum Gasteiger partial charge on any atom is 0.195 e. The molecule has 2 saturated heterocycles. The molecule has 0 spiro atoms. The molecule has 2 unspecified atom stereocenters. The van der Waals surface area contributed by atoms with Crippen molar-refractivity contribution in [1.29, 1.82) is 0 Å². The number of hydrogen-bond donors (Lipinski definition) is 5. The van der Waals surface area contributed by atoms with Gasteiger partial charge in [0.1, 0.15) is 17.3 Å². The zero-order chi connectivity index (χ0) is 27.8. The van der Waals surface area contributed by atoms with Gasteiger partial charge in [-0.15, -0.1) is 0 Å². The molecule has 5 N–H and O–H groups in total. The Morgan fingerprint density at radius 1 is 0.974 bits per heavy atom. The molecule has 0 amide bonds. The second-order valence-corrected chi connectivity index (χ2v) is 14.9. The summed E-state index contributed by atoms with van der Waals surface area (Å²) in [4.78, 5) is 0. The van der Waals surface area contributed by atoms with Crippen LogP contribution in [0.3, 0.4) is 0 Å². The minimum Gasteiger partial charge on any atom is -0.393 e. The van der Waals surface area contributed by atoms with Crippen LogP contribution in [0.15, 0.2) is 23.3 Å². The van der Waals surface area contributed by atoms with Crippen LogP contribution in [0.2, 0.25) is 0 Å². The Morgan fingerprint density at radius 2 is 1.66 bits per heavy atom. The summed E-state index contributed by atoms with van der Waals surface area (Å²) in [5.74, 6) is -2.13. The molecule has 13 atom stereocenters. The fourth-order valence-corrected chi connectivity index (χ4v) is 10.6. The molecular weight excluding hydrogens is 484 g/mol. The van der Waals surface area contributed by atoms with Crippen LogP contribution in [-0.2, 0) is 9.47 Å². The van der Waals surface area contributed by atoms with Crippen molar-refractivity contribution in [3.63, 3.8) is 0 Å². The van der Waals surface area contributed by atoms with Crippen LogP contribution in [0, 0.1) is 39.9 Å². The van der Waals surface area contributed by atoms with Crippen molar-refractivity contribution in [2.45, 2.75) is 129 Å². The van der Waals surface area contributed by atoms with E-state index in [1.165, 1.54) is 18.1 Å². The molecule has 0 radical (unpaired) electrons. The maximum absolute atomic E-state index is 11.8. The van der Waals surface area contributed by atoms with Crippen molar-refractivity contribution < 1.29 is 35.0 Å². The second-order valence-electron chi connectivity index (χ2n) is 14.9. The van der Waals surface area contributed by atoms with Crippen LogP contribution in [0.4, 0.5) is 0 Å². The van der Waals surface area contributed by atoms with E-state index in [4.69, 9.17) is 9.47 Å². The van der Waals surface area contributed by atoms with E-state index in [-0.39, 0.29) is 22.9 Å². The number of aliphatic hydroxyl groups excluding tert-OH is 3. The Balaban J connectivity index is 1.42. The summed E-state index contributed by atoms with van der Waals surface area (Å²) in [6.07, 6.45) is 6.46. The molecule has 0 aromatic rings. The summed E-state index contributed by atoms with van der Waals surface area (Å²) in [6.45, 7) is 13.4. The molecular formula is C31H48O7. The van der Waals surface area contributed by atoms with Crippen LogP contribution in [0.25, 0.3) is 0 Å². The number of allylic oxidation sites excluding steroid dienone is 4. The zero-order valence-electron chi connectivity index (χ0n) is 24.1. The first-order chi connectivity index (χ1) is 17.5. The Kier molecular flexibility index (Phi) is 5.71. The van der Waals surface area contributed by atoms with Crippen molar-refractivity contribution >= 4 is 0 Å². The molecule has 4 aliphatic carbocycles. The van der Waals surface area contributed by atoms with Gasteiger partial charge in [0.2, 0.25) is 0 Å². The van der Waals surface area contributed by atoms with Crippen molar-refractivity contribution in [3.05, 3.63) is 23.3 Å². The molecule has 6 aliphatic rings. The minimum absolute atomic E-state index is 0.0334. The summed E-state index contributed by atoms with van der Waals surface area (Å²) < 4.78 is 12.5. The van der Waals surface area contributed by atoms with Gasteiger partial charge >= 0.3 is 0 Å². The van der Waals surface area contributed by atoms with Crippen LogP contribution < -0.4 is 0 Å². The van der Waals surface area contributed by atoms with Crippen LogP contribution in [0.1, 0.15) is 87.0 Å². The lowest BCUT2D eigenvalue weighted by Gasteiger charge is -2.56. The van der Waals surface area contributed by atoms with E-state index in [0.717, 1.165) is 32.1 Å². The van der Waals surface area contributed by atoms with Gasteiger partial charge in [-0.25, -0.2) is 0 Å². The highest BCUT2D eigenvalue weighted by atomic mass is 16.7. The Bertz CT molecular complexity index is 1080. The molecule has 0 bridgehead atoms. The normalized spacial score (nSPS) is 59.7.